The van der Waals surface area contributed by atoms with Gasteiger partial charge in [-0.15, -0.1) is 0 Å². The second kappa shape index (κ2) is 7.69. The molecule has 0 saturated heterocycles. The van der Waals surface area contributed by atoms with Crippen LogP contribution in [0.3, 0.4) is 0 Å². The summed E-state index contributed by atoms with van der Waals surface area (Å²) in [7, 11) is 0. The quantitative estimate of drug-likeness (QED) is 0.307. The van der Waals surface area contributed by atoms with Gasteiger partial charge in [0.2, 0.25) is 0 Å². The molecular weight excluding hydrogens is 378 g/mol. The lowest BCUT2D eigenvalue weighted by Crippen LogP contribution is -2.51. The molecule has 4 aliphatic carbocycles. The molecule has 6 heteroatoms. The Hall–Kier alpha value is -1.85. The fourth-order valence-electron chi connectivity index (χ4n) is 7.87. The molecule has 7 unspecified atom stereocenters. The van der Waals surface area contributed by atoms with Gasteiger partial charge in [0.1, 0.15) is 6.10 Å². The van der Waals surface area contributed by atoms with Crippen molar-refractivity contribution in [2.75, 3.05) is 0 Å². The van der Waals surface area contributed by atoms with Crippen LogP contribution in [-0.2, 0) is 9.53 Å². The Labute approximate surface area is 180 Å². The molecule has 0 aromatic rings. The first-order chi connectivity index (χ1) is 14.1. The van der Waals surface area contributed by atoms with Crippen LogP contribution in [0.2, 0.25) is 0 Å². The lowest BCUT2D eigenvalue weighted by molar-refractivity contribution is -0.148. The van der Waals surface area contributed by atoms with Gasteiger partial charge in [-0.25, -0.2) is 10.2 Å². The van der Waals surface area contributed by atoms with Crippen LogP contribution < -0.4 is 11.2 Å². The van der Waals surface area contributed by atoms with E-state index in [-0.39, 0.29) is 22.9 Å². The Morgan fingerprint density at radius 3 is 2.60 bits per heavy atom. The Morgan fingerprint density at radius 2 is 1.90 bits per heavy atom. The largest absolute Gasteiger partial charge is 0.462 e. The van der Waals surface area contributed by atoms with Crippen LogP contribution in [0.1, 0.15) is 79.1 Å². The molecule has 2 amide bonds. The highest BCUT2D eigenvalue weighted by Crippen LogP contribution is 2.66. The van der Waals surface area contributed by atoms with Gasteiger partial charge in [-0.3, -0.25) is 4.79 Å². The number of ether oxygens (including phenoxy) is 1. The number of amides is 2. The molecule has 0 aromatic carbocycles. The number of carbonyl (C=O) groups excluding carboxylic acids is 2. The number of hydrogen-bond acceptors (Lipinski definition) is 4. The number of nitrogens with two attached hydrogens (primary N) is 1. The number of carbonyl (C=O) groups is 2. The van der Waals surface area contributed by atoms with Gasteiger partial charge in [-0.2, -0.15) is 5.10 Å². The first-order valence-electron chi connectivity index (χ1n) is 11.6. The second-order valence-corrected chi connectivity index (χ2v) is 10.6. The number of nitrogens with one attached hydrogen (secondary N) is 1. The van der Waals surface area contributed by atoms with Crippen LogP contribution in [0.5, 0.6) is 0 Å². The Morgan fingerprint density at radius 1 is 1.13 bits per heavy atom. The van der Waals surface area contributed by atoms with Crippen molar-refractivity contribution < 1.29 is 14.3 Å². The molecule has 30 heavy (non-hydrogen) atoms. The number of allylic oxidation sites excluding steroid dienone is 1. The molecule has 4 rings (SSSR count). The Kier molecular flexibility index (Phi) is 5.48. The van der Waals surface area contributed by atoms with Gasteiger partial charge in [0.05, 0.1) is 0 Å². The van der Waals surface area contributed by atoms with Crippen molar-refractivity contribution in [1.82, 2.24) is 5.43 Å². The molecule has 4 aliphatic rings. The zero-order valence-corrected chi connectivity index (χ0v) is 18.9. The third kappa shape index (κ3) is 3.46. The number of esters is 1. The minimum Gasteiger partial charge on any atom is -0.462 e. The van der Waals surface area contributed by atoms with Crippen molar-refractivity contribution in [1.29, 1.82) is 0 Å². The highest BCUT2D eigenvalue weighted by atomic mass is 16.5. The molecule has 0 aromatic heterocycles. The zero-order chi connectivity index (χ0) is 21.7. The molecule has 0 radical (unpaired) electrons. The summed E-state index contributed by atoms with van der Waals surface area (Å²) in [5.74, 6) is 2.37. The van der Waals surface area contributed by atoms with Crippen molar-refractivity contribution in [3.05, 3.63) is 11.6 Å². The molecule has 3 N–H and O–H groups in total. The summed E-state index contributed by atoms with van der Waals surface area (Å²) in [6.45, 7) is 8.48. The van der Waals surface area contributed by atoms with E-state index >= 15 is 0 Å². The molecule has 3 fully saturated rings. The summed E-state index contributed by atoms with van der Waals surface area (Å²) in [6.07, 6.45) is 11.5. The number of hydrazone groups is 1. The van der Waals surface area contributed by atoms with E-state index in [1.54, 1.807) is 0 Å². The summed E-state index contributed by atoms with van der Waals surface area (Å²) in [6, 6.07) is -0.597. The van der Waals surface area contributed by atoms with Gasteiger partial charge in [0.25, 0.3) is 0 Å². The van der Waals surface area contributed by atoms with Crippen molar-refractivity contribution in [2.24, 2.45) is 45.3 Å². The topological polar surface area (TPSA) is 93.8 Å². The monoisotopic (exact) mass is 415 g/mol. The summed E-state index contributed by atoms with van der Waals surface area (Å²) < 4.78 is 5.56. The highest BCUT2D eigenvalue weighted by Gasteiger charge is 2.59. The minimum absolute atomic E-state index is 0.0553. The van der Waals surface area contributed by atoms with Crippen molar-refractivity contribution in [3.8, 4) is 0 Å². The van der Waals surface area contributed by atoms with Crippen molar-refractivity contribution >= 4 is 17.7 Å². The van der Waals surface area contributed by atoms with E-state index in [2.05, 4.69) is 30.5 Å². The standard InChI is InChI=1S/C24H37N3O3/c1-14(26-27-22(25)29)19-7-8-20-18-6-5-16-13-17(30-15(2)28)9-11-23(16,3)21(18)10-12-24(19,20)4/h5,17-21H,6-13H2,1-4H3,(H3,25,27,29)/b26-14-. The molecule has 0 heterocycles. The normalized spacial score (nSPS) is 43.0. The lowest BCUT2D eigenvalue weighted by Gasteiger charge is -2.58. The Bertz CT molecular complexity index is 791. The number of primary amides is 1. The molecule has 166 valence electrons. The van der Waals surface area contributed by atoms with Crippen molar-refractivity contribution in [2.45, 2.75) is 85.2 Å². The maximum atomic E-state index is 11.4. The molecule has 6 nitrogen and oxygen atoms in total. The second-order valence-electron chi connectivity index (χ2n) is 10.6. The van der Waals surface area contributed by atoms with E-state index in [0.29, 0.717) is 23.7 Å². The first kappa shape index (κ1) is 21.4. The maximum absolute atomic E-state index is 11.4. The number of fused-ring (bicyclic) bond motifs is 5. The molecular formula is C24H37N3O3. The van der Waals surface area contributed by atoms with Gasteiger partial charge in [0, 0.05) is 25.0 Å². The van der Waals surface area contributed by atoms with Crippen molar-refractivity contribution in [3.63, 3.8) is 0 Å². The third-order valence-corrected chi connectivity index (χ3v) is 9.24. The maximum Gasteiger partial charge on any atom is 0.332 e. The summed E-state index contributed by atoms with van der Waals surface area (Å²) in [4.78, 5) is 22.5. The van der Waals surface area contributed by atoms with E-state index in [1.807, 2.05) is 6.92 Å². The SMILES string of the molecule is CC(=O)OC1CCC2(C)C(=CCC3C2CCC2(C)C(/C(C)=N\NC(N)=O)CCC32)C1. The fourth-order valence-corrected chi connectivity index (χ4v) is 7.87. The van der Waals surface area contributed by atoms with E-state index in [0.717, 1.165) is 37.8 Å². The molecule has 0 spiro atoms. The van der Waals surface area contributed by atoms with E-state index in [9.17, 15) is 9.59 Å². The lowest BCUT2D eigenvalue weighted by atomic mass is 9.47. The predicted molar refractivity (Wildman–Crippen MR) is 117 cm³/mol. The highest BCUT2D eigenvalue weighted by molar-refractivity contribution is 5.86. The van der Waals surface area contributed by atoms with E-state index < -0.39 is 6.03 Å². The number of hydrogen-bond donors (Lipinski definition) is 2. The Balaban J connectivity index is 1.54. The number of rotatable bonds is 3. The van der Waals surface area contributed by atoms with Crippen LogP contribution in [0.4, 0.5) is 4.79 Å². The van der Waals surface area contributed by atoms with Crippen LogP contribution in [0, 0.1) is 34.5 Å². The first-order valence-corrected chi connectivity index (χ1v) is 11.6. The van der Waals surface area contributed by atoms with Gasteiger partial charge < -0.3 is 10.5 Å². The van der Waals surface area contributed by atoms with Gasteiger partial charge in [-0.05, 0) is 80.5 Å². The van der Waals surface area contributed by atoms with Gasteiger partial charge in [-0.1, -0.05) is 25.5 Å². The molecule has 0 bridgehead atoms. The van der Waals surface area contributed by atoms with Gasteiger partial charge >= 0.3 is 12.0 Å². The predicted octanol–water partition coefficient (Wildman–Crippen LogP) is 4.54. The molecule has 3 saturated carbocycles. The minimum atomic E-state index is -0.597. The van der Waals surface area contributed by atoms with E-state index in [4.69, 9.17) is 10.5 Å². The van der Waals surface area contributed by atoms with Crippen LogP contribution in [0.25, 0.3) is 0 Å². The number of urea groups is 1. The zero-order valence-electron chi connectivity index (χ0n) is 18.9. The molecule has 0 aliphatic heterocycles. The molecule has 7 atom stereocenters. The smallest absolute Gasteiger partial charge is 0.332 e. The summed E-state index contributed by atoms with van der Waals surface area (Å²) >= 11 is 0. The fraction of sp³-hybridized carbons (Fsp3) is 0.792. The average Bonchev–Trinajstić information content (AvgIpc) is 3.03. The van der Waals surface area contributed by atoms with Crippen LogP contribution in [0.15, 0.2) is 16.8 Å². The number of nitrogens with zero attached hydrogens (tertiary/aromatic N) is 1. The van der Waals surface area contributed by atoms with Crippen LogP contribution in [-0.4, -0.2) is 23.8 Å². The van der Waals surface area contributed by atoms with Gasteiger partial charge in [0.15, 0.2) is 0 Å². The van der Waals surface area contributed by atoms with E-state index in [1.165, 1.54) is 31.8 Å². The van der Waals surface area contributed by atoms with Crippen LogP contribution >= 0.6 is 0 Å². The average molecular weight is 416 g/mol. The summed E-state index contributed by atoms with van der Waals surface area (Å²) in [5, 5.41) is 4.30. The summed E-state index contributed by atoms with van der Waals surface area (Å²) in [5.41, 5.74) is 10.7. The third-order valence-electron chi connectivity index (χ3n) is 9.24.